The Bertz CT molecular complexity index is 653. The highest BCUT2D eigenvalue weighted by Gasteiger charge is 2.15. The van der Waals surface area contributed by atoms with Crippen LogP contribution in [0.4, 0.5) is 10.1 Å². The van der Waals surface area contributed by atoms with Crippen LogP contribution in [0.15, 0.2) is 42.7 Å². The maximum Gasteiger partial charge on any atom is 0.246 e. The van der Waals surface area contributed by atoms with Gasteiger partial charge in [-0.15, -0.1) is 0 Å². The number of benzene rings is 1. The monoisotopic (exact) mass is 289 g/mol. The number of rotatable bonds is 4. The molecule has 2 aromatic rings. The number of amides is 2. The molecule has 6 heteroatoms. The third kappa shape index (κ3) is 3.68. The summed E-state index contributed by atoms with van der Waals surface area (Å²) in [5.74, 6) is -1.33. The third-order valence-electron chi connectivity index (χ3n) is 2.92. The predicted molar refractivity (Wildman–Crippen MR) is 77.6 cm³/mol. The van der Waals surface area contributed by atoms with Crippen molar-refractivity contribution < 1.29 is 14.0 Å². The van der Waals surface area contributed by atoms with E-state index in [1.807, 2.05) is 24.5 Å². The number of nitrogens with one attached hydrogen (secondary N) is 2. The summed E-state index contributed by atoms with van der Waals surface area (Å²) in [4.78, 5) is 22.8. The summed E-state index contributed by atoms with van der Waals surface area (Å²) in [6.07, 6.45) is 3.64. The fourth-order valence-corrected chi connectivity index (χ4v) is 1.89. The Hall–Kier alpha value is -2.63. The van der Waals surface area contributed by atoms with E-state index in [1.54, 1.807) is 10.6 Å². The van der Waals surface area contributed by atoms with E-state index in [-0.39, 0.29) is 11.6 Å². The Kier molecular flexibility index (Phi) is 4.37. The molecular formula is C15H16FN3O2. The number of nitrogens with zero attached hydrogens (tertiary/aromatic N) is 1. The molecule has 5 nitrogen and oxygen atoms in total. The van der Waals surface area contributed by atoms with Gasteiger partial charge in [-0.1, -0.05) is 0 Å². The standard InChI is InChI=1S/C15H16FN3O2/c1-10(17-11(2)20)15(21)18-14-9-12(5-6-13(14)16)19-7-3-4-8-19/h3-10H,1-2H3,(H,17,20)(H,18,21)/t10-/m0/s1. The number of carbonyl (C=O) groups is 2. The molecule has 1 heterocycles. The van der Waals surface area contributed by atoms with Crippen molar-refractivity contribution in [2.45, 2.75) is 19.9 Å². The van der Waals surface area contributed by atoms with Crippen molar-refractivity contribution in [2.24, 2.45) is 0 Å². The van der Waals surface area contributed by atoms with Gasteiger partial charge in [-0.25, -0.2) is 4.39 Å². The molecule has 0 aliphatic heterocycles. The van der Waals surface area contributed by atoms with Gasteiger partial charge < -0.3 is 15.2 Å². The van der Waals surface area contributed by atoms with Crippen LogP contribution in [0, 0.1) is 5.82 Å². The fraction of sp³-hybridized carbons (Fsp3) is 0.200. The van der Waals surface area contributed by atoms with Gasteiger partial charge in [0, 0.05) is 25.0 Å². The summed E-state index contributed by atoms with van der Waals surface area (Å²) < 4.78 is 15.6. The topological polar surface area (TPSA) is 63.1 Å². The highest BCUT2D eigenvalue weighted by Crippen LogP contribution is 2.19. The Morgan fingerprint density at radius 3 is 2.52 bits per heavy atom. The van der Waals surface area contributed by atoms with Crippen LogP contribution in [-0.2, 0) is 9.59 Å². The molecule has 0 radical (unpaired) electrons. The second kappa shape index (κ2) is 6.21. The Labute approximate surface area is 121 Å². The molecule has 0 fully saturated rings. The largest absolute Gasteiger partial charge is 0.345 e. The molecule has 0 aliphatic rings. The van der Waals surface area contributed by atoms with Crippen LogP contribution in [-0.4, -0.2) is 22.4 Å². The average Bonchev–Trinajstić information content (AvgIpc) is 2.94. The first-order valence-electron chi connectivity index (χ1n) is 6.48. The lowest BCUT2D eigenvalue weighted by Gasteiger charge is -2.14. The van der Waals surface area contributed by atoms with Crippen molar-refractivity contribution in [3.63, 3.8) is 0 Å². The van der Waals surface area contributed by atoms with Crippen LogP contribution in [0.3, 0.4) is 0 Å². The Balaban J connectivity index is 2.18. The number of hydrogen-bond donors (Lipinski definition) is 2. The van der Waals surface area contributed by atoms with Gasteiger partial charge in [-0.05, 0) is 37.3 Å². The SMILES string of the molecule is CC(=O)N[C@@H](C)C(=O)Nc1cc(-n2cccc2)ccc1F. The van der Waals surface area contributed by atoms with Crippen molar-refractivity contribution in [2.75, 3.05) is 5.32 Å². The molecule has 0 bridgehead atoms. The summed E-state index contributed by atoms with van der Waals surface area (Å²) in [5, 5.41) is 4.92. The van der Waals surface area contributed by atoms with Gasteiger partial charge in [-0.3, -0.25) is 9.59 Å². The minimum Gasteiger partial charge on any atom is -0.345 e. The predicted octanol–water partition coefficient (Wildman–Crippen LogP) is 2.08. The summed E-state index contributed by atoms with van der Waals surface area (Å²) in [6, 6.07) is 7.39. The summed E-state index contributed by atoms with van der Waals surface area (Å²) in [7, 11) is 0. The average molecular weight is 289 g/mol. The van der Waals surface area contributed by atoms with E-state index in [2.05, 4.69) is 10.6 Å². The molecule has 0 spiro atoms. The molecule has 1 aromatic carbocycles. The maximum absolute atomic E-state index is 13.8. The van der Waals surface area contributed by atoms with Crippen molar-refractivity contribution in [1.29, 1.82) is 0 Å². The summed E-state index contributed by atoms with van der Waals surface area (Å²) in [5.41, 5.74) is 0.798. The van der Waals surface area contributed by atoms with E-state index >= 15 is 0 Å². The zero-order chi connectivity index (χ0) is 15.4. The van der Waals surface area contributed by atoms with Crippen LogP contribution >= 0.6 is 0 Å². The second-order valence-corrected chi connectivity index (χ2v) is 4.67. The van der Waals surface area contributed by atoms with Gasteiger partial charge in [0.2, 0.25) is 11.8 Å². The first kappa shape index (κ1) is 14.8. The van der Waals surface area contributed by atoms with Crippen LogP contribution in [0.25, 0.3) is 5.69 Å². The van der Waals surface area contributed by atoms with Crippen molar-refractivity contribution in [3.05, 3.63) is 48.5 Å². The van der Waals surface area contributed by atoms with Gasteiger partial charge in [0.05, 0.1) is 5.69 Å². The molecule has 110 valence electrons. The summed E-state index contributed by atoms with van der Waals surface area (Å²) in [6.45, 7) is 2.85. The number of aromatic nitrogens is 1. The first-order chi connectivity index (χ1) is 9.97. The molecule has 21 heavy (non-hydrogen) atoms. The van der Waals surface area contributed by atoms with E-state index in [1.165, 1.54) is 26.0 Å². The minimum absolute atomic E-state index is 0.0726. The lowest BCUT2D eigenvalue weighted by molar-refractivity contribution is -0.124. The van der Waals surface area contributed by atoms with E-state index < -0.39 is 17.8 Å². The number of halogens is 1. The normalized spacial score (nSPS) is 11.8. The second-order valence-electron chi connectivity index (χ2n) is 4.67. The van der Waals surface area contributed by atoms with Crippen molar-refractivity contribution >= 4 is 17.5 Å². The van der Waals surface area contributed by atoms with Crippen LogP contribution < -0.4 is 10.6 Å². The number of carbonyl (C=O) groups excluding carboxylic acids is 2. The molecular weight excluding hydrogens is 273 g/mol. The van der Waals surface area contributed by atoms with Crippen LogP contribution in [0.5, 0.6) is 0 Å². The van der Waals surface area contributed by atoms with Gasteiger partial charge in [0.25, 0.3) is 0 Å². The molecule has 1 atom stereocenters. The zero-order valence-corrected chi connectivity index (χ0v) is 11.8. The first-order valence-corrected chi connectivity index (χ1v) is 6.48. The van der Waals surface area contributed by atoms with E-state index in [9.17, 15) is 14.0 Å². The molecule has 2 amide bonds. The molecule has 2 N–H and O–H groups in total. The number of hydrogen-bond acceptors (Lipinski definition) is 2. The lowest BCUT2D eigenvalue weighted by Crippen LogP contribution is -2.40. The highest BCUT2D eigenvalue weighted by atomic mass is 19.1. The van der Waals surface area contributed by atoms with E-state index in [0.717, 1.165) is 5.69 Å². The molecule has 2 rings (SSSR count). The highest BCUT2D eigenvalue weighted by molar-refractivity contribution is 5.96. The van der Waals surface area contributed by atoms with Crippen molar-refractivity contribution in [3.8, 4) is 5.69 Å². The van der Waals surface area contributed by atoms with Gasteiger partial charge in [-0.2, -0.15) is 0 Å². The Morgan fingerprint density at radius 1 is 1.24 bits per heavy atom. The molecule has 1 aromatic heterocycles. The summed E-state index contributed by atoms with van der Waals surface area (Å²) >= 11 is 0. The van der Waals surface area contributed by atoms with Crippen LogP contribution in [0.2, 0.25) is 0 Å². The lowest BCUT2D eigenvalue weighted by atomic mass is 10.2. The smallest absolute Gasteiger partial charge is 0.246 e. The maximum atomic E-state index is 13.8. The number of anilines is 1. The van der Waals surface area contributed by atoms with Crippen LogP contribution in [0.1, 0.15) is 13.8 Å². The fourth-order valence-electron chi connectivity index (χ4n) is 1.89. The van der Waals surface area contributed by atoms with Gasteiger partial charge >= 0.3 is 0 Å². The van der Waals surface area contributed by atoms with Gasteiger partial charge in [0.1, 0.15) is 11.9 Å². The molecule has 0 saturated heterocycles. The van der Waals surface area contributed by atoms with Gasteiger partial charge in [0.15, 0.2) is 0 Å². The quantitative estimate of drug-likeness (QED) is 0.905. The van der Waals surface area contributed by atoms with E-state index in [0.29, 0.717) is 0 Å². The molecule has 0 aliphatic carbocycles. The van der Waals surface area contributed by atoms with E-state index in [4.69, 9.17) is 0 Å². The third-order valence-corrected chi connectivity index (χ3v) is 2.92. The molecule has 0 unspecified atom stereocenters. The zero-order valence-electron chi connectivity index (χ0n) is 11.8. The Morgan fingerprint density at radius 2 is 1.90 bits per heavy atom. The molecule has 0 saturated carbocycles. The van der Waals surface area contributed by atoms with Crippen molar-refractivity contribution in [1.82, 2.24) is 9.88 Å². The minimum atomic E-state index is -0.739.